The molecule has 10 heteroatoms. The van der Waals surface area contributed by atoms with Gasteiger partial charge in [0, 0.05) is 55.3 Å². The smallest absolute Gasteiger partial charge is 0.254 e. The van der Waals surface area contributed by atoms with Gasteiger partial charge in [-0.05, 0) is 56.2 Å². The predicted octanol–water partition coefficient (Wildman–Crippen LogP) is 5.72. The second-order valence-electron chi connectivity index (χ2n) is 11.0. The molecule has 43 heavy (non-hydrogen) atoms. The number of carbonyl (C=O) groups excluding carboxylic acids is 2. The summed E-state index contributed by atoms with van der Waals surface area (Å²) < 4.78 is 15.8. The second-order valence-corrected chi connectivity index (χ2v) is 12.1. The molecule has 1 fully saturated rings. The Morgan fingerprint density at radius 3 is 2.63 bits per heavy atom. The Kier molecular flexibility index (Phi) is 8.38. The van der Waals surface area contributed by atoms with Crippen LogP contribution in [0.5, 0.6) is 0 Å². The van der Waals surface area contributed by atoms with Gasteiger partial charge < -0.3 is 14.4 Å². The van der Waals surface area contributed by atoms with E-state index in [1.54, 1.807) is 11.0 Å². The van der Waals surface area contributed by atoms with Gasteiger partial charge in [-0.1, -0.05) is 59.8 Å². The second kappa shape index (κ2) is 12.5. The number of piperazine rings is 1. The molecule has 1 unspecified atom stereocenters. The van der Waals surface area contributed by atoms with Gasteiger partial charge in [0.25, 0.3) is 5.91 Å². The summed E-state index contributed by atoms with van der Waals surface area (Å²) in [6.45, 7) is 6.02. The molecule has 0 N–H and O–H groups in total. The summed E-state index contributed by atoms with van der Waals surface area (Å²) in [7, 11) is 0. The molecule has 3 aromatic carbocycles. The normalized spacial score (nSPS) is 15.4. The monoisotopic (exact) mass is 596 g/mol. The fourth-order valence-corrected chi connectivity index (χ4v) is 6.38. The van der Waals surface area contributed by atoms with Crippen LogP contribution in [0.1, 0.15) is 41.3 Å². The van der Waals surface area contributed by atoms with Gasteiger partial charge in [-0.3, -0.25) is 9.59 Å². The summed E-state index contributed by atoms with van der Waals surface area (Å²) in [5.74, 6) is 0.109. The first-order valence-corrected chi connectivity index (χ1v) is 15.5. The Balaban J connectivity index is 1.07. The van der Waals surface area contributed by atoms with E-state index >= 15 is 0 Å². The number of rotatable bonds is 8. The van der Waals surface area contributed by atoms with E-state index in [4.69, 9.17) is 4.98 Å². The van der Waals surface area contributed by atoms with Gasteiger partial charge in [0.1, 0.15) is 11.3 Å². The van der Waals surface area contributed by atoms with E-state index in [0.29, 0.717) is 55.5 Å². The average molecular weight is 597 g/mol. The summed E-state index contributed by atoms with van der Waals surface area (Å²) in [6, 6.07) is 22.2. The SMILES string of the molecule is Cc1ccc2c(c1)c1nnc(SCCCC(=O)N3CCN(C(=O)c4cccc(F)c4)C(C)C3)nc1n2Cc1ccccc1. The van der Waals surface area contributed by atoms with Crippen molar-refractivity contribution in [2.75, 3.05) is 25.4 Å². The highest BCUT2D eigenvalue weighted by molar-refractivity contribution is 7.99. The number of amides is 2. The summed E-state index contributed by atoms with van der Waals surface area (Å²) in [5, 5.41) is 10.6. The zero-order valence-corrected chi connectivity index (χ0v) is 25.1. The molecule has 2 amide bonds. The molecule has 1 aliphatic heterocycles. The number of hydrogen-bond donors (Lipinski definition) is 0. The van der Waals surface area contributed by atoms with E-state index in [9.17, 15) is 14.0 Å². The highest BCUT2D eigenvalue weighted by Crippen LogP contribution is 2.29. The molecule has 0 spiro atoms. The van der Waals surface area contributed by atoms with Crippen molar-refractivity contribution in [2.45, 2.75) is 44.4 Å². The van der Waals surface area contributed by atoms with E-state index in [0.717, 1.165) is 27.6 Å². The van der Waals surface area contributed by atoms with Gasteiger partial charge in [0.2, 0.25) is 11.1 Å². The molecular formula is C33H33FN6O2S. The lowest BCUT2D eigenvalue weighted by molar-refractivity contribution is -0.133. The zero-order chi connectivity index (χ0) is 29.9. The number of aryl methyl sites for hydroxylation is 1. The number of hydrogen-bond acceptors (Lipinski definition) is 6. The Morgan fingerprint density at radius 2 is 1.84 bits per heavy atom. The molecule has 5 aromatic rings. The Labute approximate surface area is 253 Å². The van der Waals surface area contributed by atoms with Crippen LogP contribution in [0.3, 0.4) is 0 Å². The van der Waals surface area contributed by atoms with Gasteiger partial charge in [0.05, 0.1) is 5.52 Å². The van der Waals surface area contributed by atoms with Gasteiger partial charge in [-0.2, -0.15) is 0 Å². The van der Waals surface area contributed by atoms with Crippen molar-refractivity contribution in [3.05, 3.63) is 95.3 Å². The van der Waals surface area contributed by atoms with Crippen LogP contribution in [-0.4, -0.2) is 72.8 Å². The van der Waals surface area contributed by atoms with Gasteiger partial charge in [-0.25, -0.2) is 9.37 Å². The summed E-state index contributed by atoms with van der Waals surface area (Å²) >= 11 is 1.50. The van der Waals surface area contributed by atoms with Crippen LogP contribution in [0.25, 0.3) is 22.1 Å². The van der Waals surface area contributed by atoms with Crippen LogP contribution in [0.2, 0.25) is 0 Å². The lowest BCUT2D eigenvalue weighted by atomic mass is 10.1. The van der Waals surface area contributed by atoms with Gasteiger partial charge >= 0.3 is 0 Å². The van der Waals surface area contributed by atoms with Crippen LogP contribution in [0.4, 0.5) is 4.39 Å². The maximum absolute atomic E-state index is 13.6. The topological polar surface area (TPSA) is 84.2 Å². The lowest BCUT2D eigenvalue weighted by Gasteiger charge is -2.40. The minimum atomic E-state index is -0.434. The quantitative estimate of drug-likeness (QED) is 0.168. The molecule has 3 heterocycles. The maximum Gasteiger partial charge on any atom is 0.254 e. The van der Waals surface area contributed by atoms with Gasteiger partial charge in [-0.15, -0.1) is 10.2 Å². The van der Waals surface area contributed by atoms with Crippen molar-refractivity contribution in [3.63, 3.8) is 0 Å². The number of fused-ring (bicyclic) bond motifs is 3. The van der Waals surface area contributed by atoms with Crippen LogP contribution in [0, 0.1) is 12.7 Å². The largest absolute Gasteiger partial charge is 0.339 e. The highest BCUT2D eigenvalue weighted by atomic mass is 32.2. The number of benzene rings is 3. The molecule has 6 rings (SSSR count). The van der Waals surface area contributed by atoms with E-state index in [1.165, 1.54) is 35.5 Å². The summed E-state index contributed by atoms with van der Waals surface area (Å²) in [5.41, 5.74) is 5.34. The van der Waals surface area contributed by atoms with E-state index in [2.05, 4.69) is 52.0 Å². The highest BCUT2D eigenvalue weighted by Gasteiger charge is 2.30. The van der Waals surface area contributed by atoms with Crippen LogP contribution in [-0.2, 0) is 11.3 Å². The molecule has 0 bridgehead atoms. The van der Waals surface area contributed by atoms with Crippen molar-refractivity contribution >= 4 is 45.6 Å². The number of halogens is 1. The zero-order valence-electron chi connectivity index (χ0n) is 24.2. The van der Waals surface area contributed by atoms with E-state index < -0.39 is 5.82 Å². The molecule has 8 nitrogen and oxygen atoms in total. The molecule has 1 atom stereocenters. The third-order valence-corrected chi connectivity index (χ3v) is 8.79. The third-order valence-electron chi connectivity index (χ3n) is 7.86. The fraction of sp³-hybridized carbons (Fsp3) is 0.303. The molecule has 0 saturated carbocycles. The molecule has 1 saturated heterocycles. The standard InChI is InChI=1S/C33H33FN6O2S/c1-22-13-14-28-27(18-22)30-31(40(28)21-24-8-4-3-5-9-24)35-33(37-36-30)43-17-7-12-29(41)38-15-16-39(23(2)20-38)32(42)25-10-6-11-26(34)19-25/h3-6,8-11,13-14,18-19,23H,7,12,15-17,20-21H2,1-2H3. The lowest BCUT2D eigenvalue weighted by Crippen LogP contribution is -2.55. The predicted molar refractivity (Wildman–Crippen MR) is 167 cm³/mol. The number of nitrogens with zero attached hydrogens (tertiary/aromatic N) is 6. The third kappa shape index (κ3) is 6.24. The van der Waals surface area contributed by atoms with Crippen LogP contribution >= 0.6 is 11.8 Å². The Morgan fingerprint density at radius 1 is 1.00 bits per heavy atom. The summed E-state index contributed by atoms with van der Waals surface area (Å²) in [4.78, 5) is 34.3. The first-order chi connectivity index (χ1) is 20.9. The minimum Gasteiger partial charge on any atom is -0.339 e. The molecule has 0 radical (unpaired) electrons. The first-order valence-electron chi connectivity index (χ1n) is 14.5. The Hall–Kier alpha value is -4.31. The Bertz CT molecular complexity index is 1790. The number of aromatic nitrogens is 4. The van der Waals surface area contributed by atoms with Crippen molar-refractivity contribution in [1.82, 2.24) is 29.5 Å². The van der Waals surface area contributed by atoms with E-state index in [1.807, 2.05) is 30.0 Å². The minimum absolute atomic E-state index is 0.0677. The number of thioether (sulfide) groups is 1. The molecular weight excluding hydrogens is 563 g/mol. The van der Waals surface area contributed by atoms with Crippen molar-refractivity contribution in [1.29, 1.82) is 0 Å². The average Bonchev–Trinajstić information content (AvgIpc) is 3.31. The van der Waals surface area contributed by atoms with Crippen molar-refractivity contribution < 1.29 is 14.0 Å². The van der Waals surface area contributed by atoms with Crippen molar-refractivity contribution in [3.8, 4) is 0 Å². The molecule has 0 aliphatic carbocycles. The maximum atomic E-state index is 13.6. The van der Waals surface area contributed by atoms with E-state index in [-0.39, 0.29) is 17.9 Å². The first kappa shape index (κ1) is 28.8. The van der Waals surface area contributed by atoms with Crippen LogP contribution in [0.15, 0.2) is 78.0 Å². The van der Waals surface area contributed by atoms with Crippen molar-refractivity contribution in [2.24, 2.45) is 0 Å². The molecule has 220 valence electrons. The summed E-state index contributed by atoms with van der Waals surface area (Å²) in [6.07, 6.45) is 1.08. The van der Waals surface area contributed by atoms with Gasteiger partial charge in [0.15, 0.2) is 5.65 Å². The van der Waals surface area contributed by atoms with Crippen LogP contribution < -0.4 is 0 Å². The fourth-order valence-electron chi connectivity index (χ4n) is 5.66. The molecule has 2 aromatic heterocycles. The molecule has 1 aliphatic rings. The number of carbonyl (C=O) groups is 2.